The van der Waals surface area contributed by atoms with Gasteiger partial charge in [0.1, 0.15) is 6.33 Å². The molecular formula is C14H21N7O2. The summed E-state index contributed by atoms with van der Waals surface area (Å²) in [5.74, 6) is 1.04. The lowest BCUT2D eigenvalue weighted by atomic mass is 10.1. The molecule has 9 heteroatoms. The minimum atomic E-state index is -0.607. The van der Waals surface area contributed by atoms with Crippen molar-refractivity contribution in [3.05, 3.63) is 23.9 Å². The van der Waals surface area contributed by atoms with Crippen molar-refractivity contribution in [1.29, 1.82) is 0 Å². The Morgan fingerprint density at radius 3 is 3.00 bits per heavy atom. The zero-order chi connectivity index (χ0) is 16.4. The van der Waals surface area contributed by atoms with Crippen LogP contribution in [0.3, 0.4) is 0 Å². The molecule has 23 heavy (non-hydrogen) atoms. The molecule has 1 aliphatic heterocycles. The van der Waals surface area contributed by atoms with Gasteiger partial charge in [-0.3, -0.25) is 9.69 Å². The SMILES string of the molecule is CC(C)c1nc(CN2CCCC(n3cnc(C(N)=O)n3)C2)no1. The van der Waals surface area contributed by atoms with E-state index in [1.807, 2.05) is 13.8 Å². The summed E-state index contributed by atoms with van der Waals surface area (Å²) in [6, 6.07) is 0.167. The largest absolute Gasteiger partial charge is 0.363 e. The molecule has 9 nitrogen and oxygen atoms in total. The molecule has 2 aromatic heterocycles. The number of amides is 1. The maximum atomic E-state index is 11.1. The highest BCUT2D eigenvalue weighted by atomic mass is 16.5. The number of aromatic nitrogens is 5. The number of carbonyl (C=O) groups is 1. The predicted molar refractivity (Wildman–Crippen MR) is 80.5 cm³/mol. The van der Waals surface area contributed by atoms with Crippen molar-refractivity contribution in [2.75, 3.05) is 13.1 Å². The van der Waals surface area contributed by atoms with E-state index >= 15 is 0 Å². The van der Waals surface area contributed by atoms with E-state index in [9.17, 15) is 4.79 Å². The highest BCUT2D eigenvalue weighted by molar-refractivity contribution is 5.88. The molecule has 124 valence electrons. The van der Waals surface area contributed by atoms with Crippen LogP contribution in [0.25, 0.3) is 0 Å². The minimum absolute atomic E-state index is 0.0573. The predicted octanol–water partition coefficient (Wildman–Crippen LogP) is 0.720. The fraction of sp³-hybridized carbons (Fsp3) is 0.643. The molecule has 0 aromatic carbocycles. The smallest absolute Gasteiger partial charge is 0.288 e. The average molecular weight is 319 g/mol. The van der Waals surface area contributed by atoms with Crippen LogP contribution >= 0.6 is 0 Å². The van der Waals surface area contributed by atoms with Crippen LogP contribution in [0.2, 0.25) is 0 Å². The lowest BCUT2D eigenvalue weighted by Gasteiger charge is -2.31. The van der Waals surface area contributed by atoms with Gasteiger partial charge in [-0.15, -0.1) is 5.10 Å². The summed E-state index contributed by atoms with van der Waals surface area (Å²) in [4.78, 5) is 21.7. The Labute approximate surface area is 133 Å². The fourth-order valence-electron chi connectivity index (χ4n) is 2.72. The topological polar surface area (TPSA) is 116 Å². The normalized spacial score (nSPS) is 19.3. The van der Waals surface area contributed by atoms with Crippen molar-refractivity contribution >= 4 is 5.91 Å². The van der Waals surface area contributed by atoms with E-state index < -0.39 is 5.91 Å². The van der Waals surface area contributed by atoms with Gasteiger partial charge < -0.3 is 10.3 Å². The second-order valence-electron chi connectivity index (χ2n) is 6.15. The molecule has 1 amide bonds. The molecular weight excluding hydrogens is 298 g/mol. The molecule has 1 atom stereocenters. The Morgan fingerprint density at radius 2 is 2.35 bits per heavy atom. The van der Waals surface area contributed by atoms with Crippen LogP contribution in [0.15, 0.2) is 10.9 Å². The molecule has 2 aromatic rings. The second-order valence-corrected chi connectivity index (χ2v) is 6.15. The molecule has 1 unspecified atom stereocenters. The first kappa shape index (κ1) is 15.6. The van der Waals surface area contributed by atoms with Gasteiger partial charge in [0.2, 0.25) is 11.7 Å². The van der Waals surface area contributed by atoms with E-state index in [2.05, 4.69) is 25.1 Å². The van der Waals surface area contributed by atoms with Crippen molar-refractivity contribution in [2.24, 2.45) is 5.73 Å². The van der Waals surface area contributed by atoms with Gasteiger partial charge in [0.15, 0.2) is 5.82 Å². The van der Waals surface area contributed by atoms with E-state index in [4.69, 9.17) is 10.3 Å². The van der Waals surface area contributed by atoms with Crippen LogP contribution in [0, 0.1) is 0 Å². The lowest BCUT2D eigenvalue weighted by molar-refractivity contribution is 0.0988. The Morgan fingerprint density at radius 1 is 1.52 bits per heavy atom. The highest BCUT2D eigenvalue weighted by Crippen LogP contribution is 2.22. The first-order chi connectivity index (χ1) is 11.0. The number of carbonyl (C=O) groups excluding carboxylic acids is 1. The quantitative estimate of drug-likeness (QED) is 0.863. The standard InChI is InChI=1S/C14H21N7O2/c1-9(2)14-17-11(19-23-14)7-20-5-3-4-10(6-20)21-8-16-13(18-21)12(15)22/h8-10H,3-7H2,1-2H3,(H2,15,22). The Hall–Kier alpha value is -2.29. The number of primary amides is 1. The molecule has 0 saturated carbocycles. The molecule has 3 rings (SSSR count). The van der Waals surface area contributed by atoms with E-state index in [0.717, 1.165) is 25.9 Å². The van der Waals surface area contributed by atoms with Crippen molar-refractivity contribution in [1.82, 2.24) is 29.8 Å². The molecule has 1 saturated heterocycles. The van der Waals surface area contributed by atoms with Crippen LogP contribution in [-0.4, -0.2) is 48.8 Å². The second kappa shape index (κ2) is 6.45. The van der Waals surface area contributed by atoms with Gasteiger partial charge in [-0.2, -0.15) is 4.98 Å². The number of nitrogens with zero attached hydrogens (tertiary/aromatic N) is 6. The number of hydrogen-bond acceptors (Lipinski definition) is 7. The summed E-state index contributed by atoms with van der Waals surface area (Å²) >= 11 is 0. The van der Waals surface area contributed by atoms with Crippen LogP contribution in [-0.2, 0) is 6.54 Å². The maximum absolute atomic E-state index is 11.1. The monoisotopic (exact) mass is 319 g/mol. The van der Waals surface area contributed by atoms with Crippen molar-refractivity contribution in [3.8, 4) is 0 Å². The van der Waals surface area contributed by atoms with Crippen molar-refractivity contribution < 1.29 is 9.32 Å². The van der Waals surface area contributed by atoms with Gasteiger partial charge in [-0.1, -0.05) is 19.0 Å². The van der Waals surface area contributed by atoms with Crippen molar-refractivity contribution in [2.45, 2.75) is 45.2 Å². The summed E-state index contributed by atoms with van der Waals surface area (Å²) in [6.45, 7) is 6.46. The first-order valence-corrected chi connectivity index (χ1v) is 7.78. The molecule has 1 aliphatic rings. The number of nitrogens with two attached hydrogens (primary N) is 1. The Kier molecular flexibility index (Phi) is 4.37. The molecule has 3 heterocycles. The summed E-state index contributed by atoms with van der Waals surface area (Å²) < 4.78 is 6.97. The van der Waals surface area contributed by atoms with E-state index in [1.54, 1.807) is 11.0 Å². The van der Waals surface area contributed by atoms with Gasteiger partial charge in [-0.25, -0.2) is 9.67 Å². The van der Waals surface area contributed by atoms with E-state index in [1.165, 1.54) is 0 Å². The average Bonchev–Trinajstić information content (AvgIpc) is 3.16. The van der Waals surface area contributed by atoms with Gasteiger partial charge in [0, 0.05) is 12.5 Å². The fourth-order valence-corrected chi connectivity index (χ4v) is 2.72. The molecule has 0 radical (unpaired) electrons. The van der Waals surface area contributed by atoms with E-state index in [-0.39, 0.29) is 17.8 Å². The van der Waals surface area contributed by atoms with Gasteiger partial charge in [0.05, 0.1) is 12.6 Å². The number of hydrogen-bond donors (Lipinski definition) is 1. The third-order valence-corrected chi connectivity index (χ3v) is 3.93. The van der Waals surface area contributed by atoms with Crippen LogP contribution in [0.4, 0.5) is 0 Å². The summed E-state index contributed by atoms with van der Waals surface area (Å²) in [6.07, 6.45) is 3.59. The molecule has 0 bridgehead atoms. The minimum Gasteiger partial charge on any atom is -0.363 e. The van der Waals surface area contributed by atoms with E-state index in [0.29, 0.717) is 18.3 Å². The van der Waals surface area contributed by atoms with Gasteiger partial charge in [0.25, 0.3) is 5.91 Å². The van der Waals surface area contributed by atoms with Gasteiger partial charge in [-0.05, 0) is 19.4 Å². The Bertz CT molecular complexity index is 678. The Balaban J connectivity index is 1.64. The van der Waals surface area contributed by atoms with Crippen LogP contribution in [0.1, 0.15) is 61.0 Å². The van der Waals surface area contributed by atoms with Crippen LogP contribution < -0.4 is 5.73 Å². The summed E-state index contributed by atoms with van der Waals surface area (Å²) in [5.41, 5.74) is 5.20. The lowest BCUT2D eigenvalue weighted by Crippen LogP contribution is -2.36. The number of rotatable bonds is 5. The van der Waals surface area contributed by atoms with Crippen LogP contribution in [0.5, 0.6) is 0 Å². The molecule has 2 N–H and O–H groups in total. The van der Waals surface area contributed by atoms with Crippen molar-refractivity contribution in [3.63, 3.8) is 0 Å². The molecule has 0 aliphatic carbocycles. The molecule has 0 spiro atoms. The summed E-state index contributed by atoms with van der Waals surface area (Å²) in [7, 11) is 0. The first-order valence-electron chi connectivity index (χ1n) is 7.78. The summed E-state index contributed by atoms with van der Waals surface area (Å²) in [5, 5.41) is 8.19. The highest BCUT2D eigenvalue weighted by Gasteiger charge is 2.24. The maximum Gasteiger partial charge on any atom is 0.288 e. The third kappa shape index (κ3) is 3.55. The zero-order valence-corrected chi connectivity index (χ0v) is 13.3. The van der Waals surface area contributed by atoms with Gasteiger partial charge >= 0.3 is 0 Å². The number of likely N-dealkylation sites (tertiary alicyclic amines) is 1. The number of piperidine rings is 1. The third-order valence-electron chi connectivity index (χ3n) is 3.93. The zero-order valence-electron chi connectivity index (χ0n) is 13.3. The molecule has 1 fully saturated rings.